The Balaban J connectivity index is 1.17. The Morgan fingerprint density at radius 3 is 2.46 bits per heavy atom. The molecule has 0 saturated carbocycles. The Morgan fingerprint density at radius 2 is 1.78 bits per heavy atom. The van der Waals surface area contributed by atoms with Crippen LogP contribution in [0, 0.1) is 0 Å². The van der Waals surface area contributed by atoms with Crippen molar-refractivity contribution in [1.82, 2.24) is 15.5 Å². The maximum Gasteiger partial charge on any atom is 0.255 e. The fourth-order valence-electron chi connectivity index (χ4n) is 5.82. The van der Waals surface area contributed by atoms with E-state index in [0.717, 1.165) is 32.1 Å². The first kappa shape index (κ1) is 25.7. The molecule has 0 radical (unpaired) electrons. The number of benzene rings is 2. The molecule has 0 aromatic heterocycles. The molecule has 5 rings (SSSR count). The number of hydrogen-bond donors (Lipinski definition) is 3. The third-order valence-electron chi connectivity index (χ3n) is 7.68. The normalized spacial score (nSPS) is 21.8. The number of ether oxygens (including phenoxy) is 2. The molecular formula is C29H37N3O5. The van der Waals surface area contributed by atoms with Gasteiger partial charge in [0.2, 0.25) is 0 Å². The van der Waals surface area contributed by atoms with Crippen LogP contribution in [0.5, 0.6) is 5.75 Å². The number of morpholine rings is 1. The number of nitrogens with one attached hydrogen (secondary N) is 2. The number of piperidine rings is 1. The number of aliphatic hydroxyl groups excluding tert-OH is 1. The molecule has 2 aromatic carbocycles. The van der Waals surface area contributed by atoms with E-state index < -0.39 is 6.10 Å². The van der Waals surface area contributed by atoms with Gasteiger partial charge in [-0.3, -0.25) is 9.59 Å². The van der Waals surface area contributed by atoms with E-state index in [1.807, 2.05) is 11.8 Å². The fraction of sp³-hybridized carbons (Fsp3) is 0.517. The van der Waals surface area contributed by atoms with Crippen LogP contribution < -0.4 is 15.4 Å². The van der Waals surface area contributed by atoms with E-state index in [-0.39, 0.29) is 30.4 Å². The third kappa shape index (κ3) is 5.81. The van der Waals surface area contributed by atoms with Crippen molar-refractivity contribution in [2.24, 2.45) is 0 Å². The van der Waals surface area contributed by atoms with Gasteiger partial charge in [0.15, 0.2) is 0 Å². The van der Waals surface area contributed by atoms with Gasteiger partial charge in [-0.05, 0) is 68.4 Å². The molecule has 2 amide bonds. The van der Waals surface area contributed by atoms with Crippen molar-refractivity contribution in [2.45, 2.75) is 63.3 Å². The van der Waals surface area contributed by atoms with Crippen molar-refractivity contribution in [3.8, 4) is 5.75 Å². The Kier molecular flexibility index (Phi) is 8.08. The van der Waals surface area contributed by atoms with Crippen molar-refractivity contribution in [2.75, 3.05) is 32.9 Å². The van der Waals surface area contributed by atoms with Crippen LogP contribution >= 0.6 is 0 Å². The molecule has 8 nitrogen and oxygen atoms in total. The molecule has 2 fully saturated rings. The lowest BCUT2D eigenvalue weighted by Gasteiger charge is -2.45. The van der Waals surface area contributed by atoms with E-state index in [4.69, 9.17) is 9.47 Å². The quantitative estimate of drug-likeness (QED) is 0.482. The van der Waals surface area contributed by atoms with E-state index in [1.165, 1.54) is 11.1 Å². The van der Waals surface area contributed by atoms with Crippen LogP contribution in [0.15, 0.2) is 42.5 Å². The third-order valence-corrected chi connectivity index (χ3v) is 7.68. The van der Waals surface area contributed by atoms with E-state index in [1.54, 1.807) is 18.2 Å². The molecule has 3 atom stereocenters. The zero-order valence-electron chi connectivity index (χ0n) is 21.4. The average molecular weight is 508 g/mol. The molecule has 2 bridgehead atoms. The summed E-state index contributed by atoms with van der Waals surface area (Å²) in [5.41, 5.74) is 3.57. The summed E-state index contributed by atoms with van der Waals surface area (Å²) in [5.74, 6) is 0.0000810. The van der Waals surface area contributed by atoms with Crippen molar-refractivity contribution < 1.29 is 24.2 Å². The maximum absolute atomic E-state index is 13.4. The number of nitrogens with zero attached hydrogens (tertiary/aromatic N) is 1. The first-order valence-electron chi connectivity index (χ1n) is 13.5. The molecule has 0 spiro atoms. The molecule has 198 valence electrons. The van der Waals surface area contributed by atoms with Crippen LogP contribution in [0.1, 0.15) is 58.0 Å². The molecule has 2 aliphatic heterocycles. The fourth-order valence-corrected chi connectivity index (χ4v) is 5.82. The Morgan fingerprint density at radius 1 is 1.08 bits per heavy atom. The SMILES string of the molecule is CCOc1cc(C(=O)N2C3CCCC2COC3)ccc1C(=O)NC[C@@H](O)CNC1Cc2ccccc2C1. The summed E-state index contributed by atoms with van der Waals surface area (Å²) in [5, 5.41) is 16.7. The first-order valence-corrected chi connectivity index (χ1v) is 13.5. The second kappa shape index (κ2) is 11.6. The Bertz CT molecular complexity index is 1080. The zero-order valence-corrected chi connectivity index (χ0v) is 21.4. The van der Waals surface area contributed by atoms with Gasteiger partial charge >= 0.3 is 0 Å². The Labute approximate surface area is 218 Å². The van der Waals surface area contributed by atoms with Crippen molar-refractivity contribution in [3.05, 3.63) is 64.7 Å². The predicted octanol–water partition coefficient (Wildman–Crippen LogP) is 2.33. The van der Waals surface area contributed by atoms with Gasteiger partial charge in [0.05, 0.1) is 43.6 Å². The molecule has 2 unspecified atom stereocenters. The smallest absolute Gasteiger partial charge is 0.255 e. The Hall–Kier alpha value is -2.94. The van der Waals surface area contributed by atoms with E-state index in [9.17, 15) is 14.7 Å². The van der Waals surface area contributed by atoms with Crippen LogP contribution in [-0.2, 0) is 17.6 Å². The van der Waals surface area contributed by atoms with Gasteiger partial charge in [-0.1, -0.05) is 24.3 Å². The molecule has 3 aliphatic rings. The van der Waals surface area contributed by atoms with Crippen molar-refractivity contribution >= 4 is 11.8 Å². The van der Waals surface area contributed by atoms with Crippen LogP contribution in [0.3, 0.4) is 0 Å². The molecule has 8 heteroatoms. The van der Waals surface area contributed by atoms with E-state index in [2.05, 4.69) is 34.9 Å². The highest BCUT2D eigenvalue weighted by Gasteiger charge is 2.38. The van der Waals surface area contributed by atoms with E-state index in [0.29, 0.717) is 49.3 Å². The summed E-state index contributed by atoms with van der Waals surface area (Å²) >= 11 is 0. The number of aliphatic hydroxyl groups is 1. The summed E-state index contributed by atoms with van der Waals surface area (Å²) in [4.78, 5) is 28.3. The van der Waals surface area contributed by atoms with E-state index >= 15 is 0 Å². The number of carbonyl (C=O) groups is 2. The second-order valence-corrected chi connectivity index (χ2v) is 10.3. The van der Waals surface area contributed by atoms with Gasteiger partial charge in [-0.15, -0.1) is 0 Å². The average Bonchev–Trinajstić information content (AvgIpc) is 3.33. The summed E-state index contributed by atoms with van der Waals surface area (Å²) in [6.07, 6.45) is 4.19. The van der Waals surface area contributed by atoms with Gasteiger partial charge in [-0.25, -0.2) is 0 Å². The minimum Gasteiger partial charge on any atom is -0.493 e. The van der Waals surface area contributed by atoms with Gasteiger partial charge in [0, 0.05) is 24.7 Å². The minimum atomic E-state index is -0.718. The van der Waals surface area contributed by atoms with Crippen molar-refractivity contribution in [3.63, 3.8) is 0 Å². The van der Waals surface area contributed by atoms with Crippen LogP contribution in [-0.4, -0.2) is 79.0 Å². The highest BCUT2D eigenvalue weighted by molar-refractivity contribution is 6.00. The highest BCUT2D eigenvalue weighted by atomic mass is 16.5. The number of hydrogen-bond acceptors (Lipinski definition) is 6. The zero-order chi connectivity index (χ0) is 25.8. The molecule has 2 heterocycles. The summed E-state index contributed by atoms with van der Waals surface area (Å²) in [6, 6.07) is 13.9. The summed E-state index contributed by atoms with van der Waals surface area (Å²) in [7, 11) is 0. The minimum absolute atomic E-state index is 0.0403. The lowest BCUT2D eigenvalue weighted by atomic mass is 9.93. The number of amides is 2. The molecular weight excluding hydrogens is 470 g/mol. The lowest BCUT2D eigenvalue weighted by molar-refractivity contribution is -0.0566. The number of rotatable bonds is 9. The maximum atomic E-state index is 13.4. The summed E-state index contributed by atoms with van der Waals surface area (Å²) in [6.45, 7) is 3.88. The van der Waals surface area contributed by atoms with Gasteiger partial charge < -0.3 is 30.1 Å². The van der Waals surface area contributed by atoms with Crippen LogP contribution in [0.4, 0.5) is 0 Å². The summed E-state index contributed by atoms with van der Waals surface area (Å²) < 4.78 is 11.4. The van der Waals surface area contributed by atoms with Crippen molar-refractivity contribution in [1.29, 1.82) is 0 Å². The topological polar surface area (TPSA) is 100 Å². The number of fused-ring (bicyclic) bond motifs is 3. The monoisotopic (exact) mass is 507 g/mol. The van der Waals surface area contributed by atoms with Gasteiger partial charge in [0.1, 0.15) is 5.75 Å². The van der Waals surface area contributed by atoms with Gasteiger partial charge in [0.25, 0.3) is 11.8 Å². The first-order chi connectivity index (χ1) is 18.0. The molecule has 2 saturated heterocycles. The van der Waals surface area contributed by atoms with Crippen LogP contribution in [0.25, 0.3) is 0 Å². The molecule has 3 N–H and O–H groups in total. The predicted molar refractivity (Wildman–Crippen MR) is 140 cm³/mol. The van der Waals surface area contributed by atoms with Gasteiger partial charge in [-0.2, -0.15) is 0 Å². The molecule has 37 heavy (non-hydrogen) atoms. The second-order valence-electron chi connectivity index (χ2n) is 10.3. The molecule has 2 aromatic rings. The number of carbonyl (C=O) groups excluding carboxylic acids is 2. The molecule has 1 aliphatic carbocycles. The highest BCUT2D eigenvalue weighted by Crippen LogP contribution is 2.30. The van der Waals surface area contributed by atoms with Crippen LogP contribution in [0.2, 0.25) is 0 Å². The standard InChI is InChI=1S/C29H37N3O5/c1-2-37-27-14-21(29(35)32-23-8-5-9-24(32)18-36-17-23)10-11-26(27)28(34)31-16-25(33)15-30-22-12-19-6-3-4-7-20(19)13-22/h3-4,6-7,10-11,14,22-25,30,33H,2,5,8-9,12-13,15-18H2,1H3,(H,31,34)/t23?,24?,25-/m0/s1. The largest absolute Gasteiger partial charge is 0.493 e. The lowest BCUT2D eigenvalue weighted by Crippen LogP contribution is -2.57.